The number of amides is 1. The minimum atomic E-state index is -0.771. The van der Waals surface area contributed by atoms with Crippen molar-refractivity contribution in [2.24, 2.45) is 5.41 Å². The first-order chi connectivity index (χ1) is 28.8. The fourth-order valence-electron chi connectivity index (χ4n) is 10.5. The van der Waals surface area contributed by atoms with Crippen LogP contribution in [0.4, 0.5) is 19.6 Å². The normalized spacial score (nSPS) is 24.6. The fraction of sp³-hybridized carbons (Fsp3) is 0.512. The number of nitrogen functional groups attached to an aromatic ring is 1. The number of benzene rings is 2. The van der Waals surface area contributed by atoms with Gasteiger partial charge in [0.15, 0.2) is 11.5 Å². The van der Waals surface area contributed by atoms with Crippen molar-refractivity contribution < 1.29 is 23.0 Å². The van der Waals surface area contributed by atoms with Crippen molar-refractivity contribution >= 4 is 72.3 Å². The number of nitriles is 1. The van der Waals surface area contributed by atoms with Crippen LogP contribution in [0.5, 0.6) is 6.01 Å². The molecule has 0 bridgehead atoms. The van der Waals surface area contributed by atoms with Gasteiger partial charge in [-0.1, -0.05) is 35.7 Å². The second kappa shape index (κ2) is 15.9. The van der Waals surface area contributed by atoms with Gasteiger partial charge in [0.05, 0.1) is 51.4 Å². The number of carbonyl (C=O) groups is 1. The van der Waals surface area contributed by atoms with E-state index in [1.165, 1.54) is 17.0 Å². The Balaban J connectivity index is 1.15. The zero-order chi connectivity index (χ0) is 42.2. The summed E-state index contributed by atoms with van der Waals surface area (Å²) in [5.41, 5.74) is 7.00. The lowest BCUT2D eigenvalue weighted by atomic mass is 9.74. The first-order valence-corrected chi connectivity index (χ1v) is 22.2. The number of aromatic nitrogens is 4. The molecule has 12 nitrogen and oxygen atoms in total. The molecule has 0 spiro atoms. The Labute approximate surface area is 361 Å². The van der Waals surface area contributed by atoms with E-state index in [2.05, 4.69) is 29.9 Å². The van der Waals surface area contributed by atoms with Crippen LogP contribution in [-0.4, -0.2) is 93.5 Å². The number of nitrogens with zero attached hydrogens (tertiary/aromatic N) is 8. The van der Waals surface area contributed by atoms with E-state index < -0.39 is 11.6 Å². The van der Waals surface area contributed by atoms with Gasteiger partial charge in [-0.2, -0.15) is 20.3 Å². The van der Waals surface area contributed by atoms with Crippen LogP contribution in [0.2, 0.25) is 10.0 Å². The van der Waals surface area contributed by atoms with Gasteiger partial charge in [0.25, 0.3) is 5.91 Å². The first kappa shape index (κ1) is 41.0. The van der Waals surface area contributed by atoms with Crippen molar-refractivity contribution in [2.75, 3.05) is 44.4 Å². The highest BCUT2D eigenvalue weighted by atomic mass is 35.5. The zero-order valence-corrected chi connectivity index (χ0v) is 36.4. The highest BCUT2D eigenvalue weighted by molar-refractivity contribution is 7.23. The summed E-state index contributed by atoms with van der Waals surface area (Å²) in [6.45, 7) is 6.92. The van der Waals surface area contributed by atoms with Crippen LogP contribution in [-0.2, 0) is 17.8 Å². The Morgan fingerprint density at radius 2 is 1.88 bits per heavy atom. The zero-order valence-electron chi connectivity index (χ0n) is 34.0. The van der Waals surface area contributed by atoms with Crippen molar-refractivity contribution in [2.45, 2.75) is 103 Å². The SMILES string of the molecule is C[C@@H]1CC(N2CCC[C@@]3(COc4nc(N5CCCn6nc(C(=O)N(C)C)c(Cl)c6C5)c5cc(Cl)c(-c6ccc(F)c7sc(N)c(C#N)c67)c(F)c5n4)CCC[C@@H]23)C[C@H](C)O1. The molecule has 0 radical (unpaired) electrons. The molecule has 2 saturated heterocycles. The Morgan fingerprint density at radius 3 is 2.63 bits per heavy atom. The summed E-state index contributed by atoms with van der Waals surface area (Å²) in [5, 5.41) is 15.5. The minimum Gasteiger partial charge on any atom is -0.463 e. The Hall–Kier alpha value is -4.33. The third-order valence-corrected chi connectivity index (χ3v) is 14.8. The van der Waals surface area contributed by atoms with Crippen LogP contribution in [0.15, 0.2) is 18.2 Å². The van der Waals surface area contributed by atoms with E-state index in [-0.39, 0.29) is 89.1 Å². The number of aryl methyl sites for hydroxylation is 1. The molecule has 3 aliphatic heterocycles. The van der Waals surface area contributed by atoms with Crippen molar-refractivity contribution in [3.63, 3.8) is 0 Å². The molecule has 4 aliphatic rings. The summed E-state index contributed by atoms with van der Waals surface area (Å²) in [4.78, 5) is 28.9. The third-order valence-electron chi connectivity index (χ3n) is 13.1. The topological polar surface area (TPSA) is 139 Å². The largest absolute Gasteiger partial charge is 0.463 e. The average molecular weight is 879 g/mol. The number of thiophene rings is 1. The summed E-state index contributed by atoms with van der Waals surface area (Å²) in [5.74, 6) is -1.28. The number of hydrogen-bond donors (Lipinski definition) is 1. The van der Waals surface area contributed by atoms with Gasteiger partial charge in [0.1, 0.15) is 28.2 Å². The number of likely N-dealkylation sites (tertiary alicyclic amines) is 1. The van der Waals surface area contributed by atoms with Gasteiger partial charge in [0.2, 0.25) is 0 Å². The van der Waals surface area contributed by atoms with Crippen molar-refractivity contribution in [3.8, 4) is 23.2 Å². The molecule has 9 rings (SSSR count). The van der Waals surface area contributed by atoms with Crippen LogP contribution < -0.4 is 15.4 Å². The smallest absolute Gasteiger partial charge is 0.319 e. The number of fused-ring (bicyclic) bond motifs is 4. The maximum Gasteiger partial charge on any atom is 0.319 e. The van der Waals surface area contributed by atoms with E-state index in [9.17, 15) is 10.1 Å². The Morgan fingerprint density at radius 1 is 1.12 bits per heavy atom. The number of nitrogens with two attached hydrogens (primary N) is 1. The lowest BCUT2D eigenvalue weighted by Gasteiger charge is -2.51. The number of ether oxygens (including phenoxy) is 2. The number of halogens is 4. The number of piperidine rings is 1. The first-order valence-electron chi connectivity index (χ1n) is 20.6. The summed E-state index contributed by atoms with van der Waals surface area (Å²) in [6.07, 6.45) is 8.23. The highest BCUT2D eigenvalue weighted by Gasteiger charge is 2.51. The molecular formula is C43H47Cl2F2N9O3S. The standard InChI is InChI=1S/C43H47Cl2F2N9O3S/c1-22-16-24(17-23(2)59-22)55-14-6-12-43(11-5-8-31(43)55)21-58-42-50-36-26(40(51-42)54-13-7-15-56-30(20-54)34(45)37(52-56)41(57)53(3)4)18-28(44)33(35(36)47)25-9-10-29(46)38-32(25)27(19-48)39(49)60-38/h9-10,18,22-24,31H,5-8,11-17,20-21,49H2,1-4H3/t22-,23+,24?,31-,43-/m1/s1. The maximum atomic E-state index is 17.5. The van der Waals surface area contributed by atoms with Gasteiger partial charge in [-0.15, -0.1) is 11.3 Å². The molecule has 2 N–H and O–H groups in total. The van der Waals surface area contributed by atoms with Crippen molar-refractivity contribution in [3.05, 3.63) is 56.8 Å². The summed E-state index contributed by atoms with van der Waals surface area (Å²) < 4.78 is 47.4. The minimum absolute atomic E-state index is 0.0172. The second-order valence-corrected chi connectivity index (χ2v) is 19.0. The van der Waals surface area contributed by atoms with E-state index in [1.54, 1.807) is 24.8 Å². The van der Waals surface area contributed by atoms with Gasteiger partial charge in [0, 0.05) is 61.0 Å². The van der Waals surface area contributed by atoms with Gasteiger partial charge >= 0.3 is 6.01 Å². The van der Waals surface area contributed by atoms with Crippen LogP contribution in [0.3, 0.4) is 0 Å². The van der Waals surface area contributed by atoms with E-state index in [4.69, 9.17) is 48.4 Å². The number of rotatable bonds is 7. The third kappa shape index (κ3) is 6.92. The predicted molar refractivity (Wildman–Crippen MR) is 230 cm³/mol. The lowest BCUT2D eigenvalue weighted by Crippen LogP contribution is -2.57. The average Bonchev–Trinajstić information content (AvgIpc) is 3.84. The highest BCUT2D eigenvalue weighted by Crippen LogP contribution is 2.50. The van der Waals surface area contributed by atoms with Gasteiger partial charge in [-0.3, -0.25) is 14.4 Å². The molecule has 5 aromatic rings. The second-order valence-electron chi connectivity index (χ2n) is 17.1. The molecule has 1 saturated carbocycles. The van der Waals surface area contributed by atoms with Gasteiger partial charge in [-0.25, -0.2) is 8.78 Å². The molecule has 1 unspecified atom stereocenters. The number of carbonyl (C=O) groups excluding carboxylic acids is 1. The molecule has 3 fully saturated rings. The lowest BCUT2D eigenvalue weighted by molar-refractivity contribution is -0.0967. The molecule has 2 aromatic carbocycles. The molecule has 316 valence electrons. The summed E-state index contributed by atoms with van der Waals surface area (Å²) in [7, 11) is 3.29. The quantitative estimate of drug-likeness (QED) is 0.169. The maximum absolute atomic E-state index is 17.5. The summed E-state index contributed by atoms with van der Waals surface area (Å²) >= 11 is 14.8. The van der Waals surface area contributed by atoms with Gasteiger partial charge < -0.3 is 25.0 Å². The fourth-order valence-corrected chi connectivity index (χ4v) is 12.0. The molecule has 60 heavy (non-hydrogen) atoms. The van der Waals surface area contributed by atoms with Gasteiger partial charge in [-0.05, 0) is 83.0 Å². The Kier molecular flexibility index (Phi) is 10.8. The molecule has 5 atom stereocenters. The molecule has 17 heteroatoms. The number of anilines is 2. The number of hydrogen-bond acceptors (Lipinski definition) is 11. The van der Waals surface area contributed by atoms with Crippen LogP contribution in [0.1, 0.15) is 87.0 Å². The predicted octanol–water partition coefficient (Wildman–Crippen LogP) is 8.83. The van der Waals surface area contributed by atoms with Crippen LogP contribution in [0, 0.1) is 28.4 Å². The summed E-state index contributed by atoms with van der Waals surface area (Å²) in [6, 6.07) is 7.10. The monoisotopic (exact) mass is 877 g/mol. The molecule has 1 aliphatic carbocycles. The van der Waals surface area contributed by atoms with Crippen molar-refractivity contribution in [1.29, 1.82) is 5.26 Å². The molecule has 1 amide bonds. The Bertz CT molecular complexity index is 2570. The van der Waals surface area contributed by atoms with Crippen LogP contribution >= 0.6 is 34.5 Å². The molecule has 3 aromatic heterocycles. The molecule has 6 heterocycles. The van der Waals surface area contributed by atoms with E-state index in [0.29, 0.717) is 55.1 Å². The van der Waals surface area contributed by atoms with E-state index >= 15 is 8.78 Å². The molecular weight excluding hydrogens is 832 g/mol. The van der Waals surface area contributed by atoms with E-state index in [0.717, 1.165) is 62.8 Å². The van der Waals surface area contributed by atoms with Crippen molar-refractivity contribution in [1.82, 2.24) is 29.5 Å². The van der Waals surface area contributed by atoms with Crippen LogP contribution in [0.25, 0.3) is 32.1 Å². The van der Waals surface area contributed by atoms with E-state index in [1.807, 2.05) is 4.90 Å².